The Balaban J connectivity index is 0.000000791. The minimum absolute atomic E-state index is 0.0584. The average Bonchev–Trinajstić information content (AvgIpc) is 2.20. The predicted molar refractivity (Wildman–Crippen MR) is 54.9 cm³/mol. The third-order valence-electron chi connectivity index (χ3n) is 1.51. The van der Waals surface area contributed by atoms with Crippen molar-refractivity contribution in [3.05, 3.63) is 23.8 Å². The fraction of sp³-hybridized carbons (Fsp3) is 0.444. The molecular weight excluding hydrogens is 184 g/mol. The van der Waals surface area contributed by atoms with Crippen molar-refractivity contribution in [2.45, 2.75) is 20.8 Å². The fourth-order valence-corrected chi connectivity index (χ4v) is 0.847. The van der Waals surface area contributed by atoms with E-state index in [9.17, 15) is 4.39 Å². The van der Waals surface area contributed by atoms with Crippen LogP contribution in [0.4, 0.5) is 4.39 Å². The minimum Gasteiger partial charge on any atom is -0.423 e. The van der Waals surface area contributed by atoms with E-state index in [0.717, 1.165) is 0 Å². The van der Waals surface area contributed by atoms with Crippen LogP contribution in [0.25, 0.3) is 0 Å². The highest BCUT2D eigenvalue weighted by Crippen LogP contribution is 1.95. The van der Waals surface area contributed by atoms with Crippen LogP contribution in [0.5, 0.6) is 0 Å². The van der Waals surface area contributed by atoms with Crippen LogP contribution in [0.2, 0.25) is 0 Å². The largest absolute Gasteiger partial charge is 0.495 e. The van der Waals surface area contributed by atoms with Gasteiger partial charge in [-0.25, -0.2) is 4.98 Å². The SMILES string of the molecule is CC.COB(O)c1ccc(C)nc1F. The van der Waals surface area contributed by atoms with Crippen LogP contribution >= 0.6 is 0 Å². The van der Waals surface area contributed by atoms with Crippen LogP contribution in [0, 0.1) is 12.9 Å². The van der Waals surface area contributed by atoms with E-state index in [1.54, 1.807) is 13.0 Å². The number of hydrogen-bond donors (Lipinski definition) is 1. The Bertz CT molecular complexity index is 284. The Hall–Kier alpha value is -0.935. The first-order valence-corrected chi connectivity index (χ1v) is 4.49. The minimum atomic E-state index is -1.24. The zero-order valence-corrected chi connectivity index (χ0v) is 8.91. The molecule has 0 aliphatic carbocycles. The maximum absolute atomic E-state index is 12.9. The molecule has 0 aliphatic heterocycles. The molecule has 1 heterocycles. The van der Waals surface area contributed by atoms with Gasteiger partial charge >= 0.3 is 7.12 Å². The second-order valence-electron chi connectivity index (χ2n) is 2.42. The van der Waals surface area contributed by atoms with Crippen LogP contribution < -0.4 is 5.46 Å². The molecule has 1 rings (SSSR count). The van der Waals surface area contributed by atoms with Gasteiger partial charge in [-0.05, 0) is 13.0 Å². The monoisotopic (exact) mass is 199 g/mol. The van der Waals surface area contributed by atoms with Gasteiger partial charge in [0.25, 0.3) is 0 Å². The molecule has 1 N–H and O–H groups in total. The highest BCUT2D eigenvalue weighted by molar-refractivity contribution is 6.59. The van der Waals surface area contributed by atoms with Crippen LogP contribution in [0.3, 0.4) is 0 Å². The highest BCUT2D eigenvalue weighted by Gasteiger charge is 2.19. The van der Waals surface area contributed by atoms with Crippen molar-refractivity contribution in [1.29, 1.82) is 0 Å². The van der Waals surface area contributed by atoms with Crippen molar-refractivity contribution >= 4 is 12.6 Å². The van der Waals surface area contributed by atoms with Crippen molar-refractivity contribution < 1.29 is 14.1 Å². The van der Waals surface area contributed by atoms with E-state index in [4.69, 9.17) is 5.02 Å². The van der Waals surface area contributed by atoms with E-state index in [2.05, 4.69) is 9.64 Å². The van der Waals surface area contributed by atoms with Crippen LogP contribution in [0.1, 0.15) is 19.5 Å². The number of aryl methyl sites for hydroxylation is 1. The molecule has 0 saturated carbocycles. The highest BCUT2D eigenvalue weighted by atomic mass is 19.1. The van der Waals surface area contributed by atoms with Crippen molar-refractivity contribution in [1.82, 2.24) is 4.98 Å². The molecule has 5 heteroatoms. The summed E-state index contributed by atoms with van der Waals surface area (Å²) in [5, 5.41) is 9.10. The molecule has 0 aliphatic rings. The van der Waals surface area contributed by atoms with Crippen LogP contribution in [0.15, 0.2) is 12.1 Å². The van der Waals surface area contributed by atoms with Gasteiger partial charge in [0.05, 0.1) is 0 Å². The summed E-state index contributed by atoms with van der Waals surface area (Å²) < 4.78 is 17.5. The number of hydrogen-bond acceptors (Lipinski definition) is 3. The number of rotatable bonds is 2. The van der Waals surface area contributed by atoms with E-state index in [1.165, 1.54) is 13.2 Å². The molecule has 3 nitrogen and oxygen atoms in total. The Morgan fingerprint density at radius 1 is 1.43 bits per heavy atom. The van der Waals surface area contributed by atoms with E-state index in [1.807, 2.05) is 13.8 Å². The summed E-state index contributed by atoms with van der Waals surface area (Å²) in [5.74, 6) is -0.690. The van der Waals surface area contributed by atoms with Gasteiger partial charge in [-0.3, -0.25) is 0 Å². The summed E-state index contributed by atoms with van der Waals surface area (Å²) >= 11 is 0. The molecule has 0 bridgehead atoms. The lowest BCUT2D eigenvalue weighted by Crippen LogP contribution is -2.35. The lowest BCUT2D eigenvalue weighted by molar-refractivity contribution is 0.339. The fourth-order valence-electron chi connectivity index (χ4n) is 0.847. The summed E-state index contributed by atoms with van der Waals surface area (Å²) in [6.45, 7) is 5.67. The van der Waals surface area contributed by atoms with Gasteiger partial charge in [0, 0.05) is 18.3 Å². The molecule has 14 heavy (non-hydrogen) atoms. The van der Waals surface area contributed by atoms with E-state index >= 15 is 0 Å². The quantitative estimate of drug-likeness (QED) is 0.568. The molecule has 0 amide bonds. The molecule has 0 saturated heterocycles. The van der Waals surface area contributed by atoms with E-state index in [0.29, 0.717) is 5.69 Å². The lowest BCUT2D eigenvalue weighted by Gasteiger charge is -2.04. The first-order chi connectivity index (χ1) is 6.65. The molecule has 0 radical (unpaired) electrons. The predicted octanol–water partition coefficient (Wildman–Crippen LogP) is 0.889. The van der Waals surface area contributed by atoms with Gasteiger partial charge in [0.1, 0.15) is 0 Å². The molecule has 0 fully saturated rings. The summed E-state index contributed by atoms with van der Waals surface area (Å²) in [5.41, 5.74) is 0.627. The maximum atomic E-state index is 12.9. The topological polar surface area (TPSA) is 42.4 Å². The van der Waals surface area contributed by atoms with Gasteiger partial charge in [0.2, 0.25) is 5.95 Å². The maximum Gasteiger partial charge on any atom is 0.495 e. The second-order valence-corrected chi connectivity index (χ2v) is 2.42. The van der Waals surface area contributed by atoms with Crippen molar-refractivity contribution in [2.24, 2.45) is 0 Å². The van der Waals surface area contributed by atoms with Crippen molar-refractivity contribution in [3.8, 4) is 0 Å². The Morgan fingerprint density at radius 2 is 2.00 bits per heavy atom. The summed E-state index contributed by atoms with van der Waals surface area (Å²) in [4.78, 5) is 3.54. The van der Waals surface area contributed by atoms with Gasteiger partial charge in [-0.15, -0.1) is 0 Å². The number of nitrogens with zero attached hydrogens (tertiary/aromatic N) is 1. The van der Waals surface area contributed by atoms with Crippen LogP contribution in [-0.4, -0.2) is 24.2 Å². The van der Waals surface area contributed by atoms with Gasteiger partial charge < -0.3 is 9.68 Å². The van der Waals surface area contributed by atoms with E-state index < -0.39 is 13.1 Å². The smallest absolute Gasteiger partial charge is 0.423 e. The molecular formula is C9H15BFNO2. The zero-order valence-electron chi connectivity index (χ0n) is 8.91. The van der Waals surface area contributed by atoms with Gasteiger partial charge in [-0.1, -0.05) is 19.9 Å². The third-order valence-corrected chi connectivity index (χ3v) is 1.51. The van der Waals surface area contributed by atoms with Crippen LogP contribution in [-0.2, 0) is 4.65 Å². The molecule has 0 aromatic carbocycles. The first kappa shape index (κ1) is 13.1. The molecule has 78 valence electrons. The van der Waals surface area contributed by atoms with Gasteiger partial charge in [-0.2, -0.15) is 4.39 Å². The molecule has 0 atom stereocenters. The Morgan fingerprint density at radius 3 is 2.43 bits per heavy atom. The van der Waals surface area contributed by atoms with Crippen molar-refractivity contribution in [2.75, 3.05) is 7.11 Å². The standard InChI is InChI=1S/C7H9BFNO2.C2H6/c1-5-3-4-6(7(9)10-5)8(11)12-2;1-2/h3-4,11H,1-2H3;1-2H3. The van der Waals surface area contributed by atoms with Gasteiger partial charge in [0.15, 0.2) is 0 Å². The Labute approximate surface area is 84.1 Å². The normalized spacial score (nSPS) is 9.00. The number of halogens is 1. The Kier molecular flexibility index (Phi) is 6.07. The second kappa shape index (κ2) is 6.51. The van der Waals surface area contributed by atoms with Crippen molar-refractivity contribution in [3.63, 3.8) is 0 Å². The third kappa shape index (κ3) is 3.43. The molecule has 1 aromatic heterocycles. The van der Waals surface area contributed by atoms with E-state index in [-0.39, 0.29) is 5.46 Å². The average molecular weight is 199 g/mol. The zero-order chi connectivity index (χ0) is 11.1. The molecule has 1 aromatic rings. The molecule has 0 unspecified atom stereocenters. The number of aromatic nitrogens is 1. The summed E-state index contributed by atoms with van der Waals surface area (Å²) in [7, 11) is 0.0577. The first-order valence-electron chi connectivity index (χ1n) is 4.49. The summed E-state index contributed by atoms with van der Waals surface area (Å²) in [6, 6.07) is 3.06. The number of pyridine rings is 1. The summed E-state index contributed by atoms with van der Waals surface area (Å²) in [6.07, 6.45) is 0. The molecule has 0 spiro atoms. The lowest BCUT2D eigenvalue weighted by atomic mass is 9.80.